The molecule has 0 atom stereocenters. The normalized spacial score (nSPS) is 13.1. The number of nitrogens with zero attached hydrogens (tertiary/aromatic N) is 2. The third-order valence-corrected chi connectivity index (χ3v) is 8.40. The molecule has 6 rings (SSSR count). The van der Waals surface area contributed by atoms with Gasteiger partial charge in [-0.25, -0.2) is 8.42 Å². The van der Waals surface area contributed by atoms with Crippen molar-refractivity contribution in [2.45, 2.75) is 18.4 Å². The fourth-order valence-electron chi connectivity index (χ4n) is 4.79. The predicted molar refractivity (Wildman–Crippen MR) is 138 cm³/mol. The summed E-state index contributed by atoms with van der Waals surface area (Å²) in [5.74, 6) is 0. The molecule has 34 heavy (non-hydrogen) atoms. The Kier molecular flexibility index (Phi) is 4.80. The van der Waals surface area contributed by atoms with Crippen molar-refractivity contribution in [3.05, 3.63) is 113 Å². The van der Waals surface area contributed by atoms with Crippen LogP contribution in [-0.4, -0.2) is 13.0 Å². The Balaban J connectivity index is 1.66. The Morgan fingerprint density at radius 3 is 2.29 bits per heavy atom. The predicted octanol–water partition coefficient (Wildman–Crippen LogP) is 6.97. The van der Waals surface area contributed by atoms with Crippen LogP contribution in [-0.2, 0) is 16.6 Å². The summed E-state index contributed by atoms with van der Waals surface area (Å²) in [6.45, 7) is 2.16. The number of fused-ring (bicyclic) bond motifs is 5. The number of aryl methyl sites for hydroxylation is 1. The lowest BCUT2D eigenvalue weighted by Crippen LogP contribution is -2.33. The van der Waals surface area contributed by atoms with Crippen LogP contribution in [0, 0.1) is 6.92 Å². The number of sulfonamides is 1. The van der Waals surface area contributed by atoms with Crippen molar-refractivity contribution in [1.82, 2.24) is 4.57 Å². The number of aromatic nitrogens is 1. The van der Waals surface area contributed by atoms with Crippen molar-refractivity contribution >= 4 is 38.2 Å². The zero-order valence-electron chi connectivity index (χ0n) is 18.4. The molecule has 4 aromatic carbocycles. The second-order valence-corrected chi connectivity index (χ2v) is 10.8. The van der Waals surface area contributed by atoms with Crippen LogP contribution in [0.5, 0.6) is 0 Å². The number of anilines is 1. The van der Waals surface area contributed by atoms with E-state index in [0.29, 0.717) is 10.7 Å². The number of hydrogen-bond acceptors (Lipinski definition) is 2. The van der Waals surface area contributed by atoms with Gasteiger partial charge >= 0.3 is 0 Å². The van der Waals surface area contributed by atoms with Crippen molar-refractivity contribution in [2.75, 3.05) is 4.31 Å². The standard InChI is InChI=1S/C28H21ClN2O2S/c1-19-11-14-22(15-12-19)34(32,33)30-18-25-23-9-5-6-10-26(23)31(21-7-3-2-4-8-21)28(25)24-16-13-20(29)17-27(24)30/h2-17H,18H2,1H3. The minimum Gasteiger partial charge on any atom is -0.309 e. The topological polar surface area (TPSA) is 42.3 Å². The molecule has 1 aliphatic heterocycles. The molecule has 1 aliphatic rings. The van der Waals surface area contributed by atoms with Gasteiger partial charge in [0, 0.05) is 27.2 Å². The lowest BCUT2D eigenvalue weighted by atomic mass is 9.99. The van der Waals surface area contributed by atoms with Gasteiger partial charge in [-0.1, -0.05) is 65.7 Å². The largest absolute Gasteiger partial charge is 0.309 e. The van der Waals surface area contributed by atoms with Gasteiger partial charge in [0.05, 0.1) is 28.3 Å². The lowest BCUT2D eigenvalue weighted by Gasteiger charge is -2.32. The molecule has 0 radical (unpaired) electrons. The SMILES string of the molecule is Cc1ccc(S(=O)(=O)N2Cc3c(n(-c4ccccc4)c4ccccc34)-c3ccc(Cl)cc32)cc1. The summed E-state index contributed by atoms with van der Waals surface area (Å²) in [5.41, 5.74) is 6.46. The maximum Gasteiger partial charge on any atom is 0.264 e. The molecule has 0 N–H and O–H groups in total. The molecule has 0 spiro atoms. The molecule has 0 aliphatic carbocycles. The van der Waals surface area contributed by atoms with E-state index in [9.17, 15) is 8.42 Å². The second kappa shape index (κ2) is 7.76. The Labute approximate surface area is 203 Å². The van der Waals surface area contributed by atoms with Crippen LogP contribution in [0.15, 0.2) is 102 Å². The number of rotatable bonds is 3. The summed E-state index contributed by atoms with van der Waals surface area (Å²) in [4.78, 5) is 0.263. The van der Waals surface area contributed by atoms with E-state index in [1.54, 1.807) is 18.2 Å². The minimum atomic E-state index is -3.81. The van der Waals surface area contributed by atoms with E-state index in [-0.39, 0.29) is 11.4 Å². The lowest BCUT2D eigenvalue weighted by molar-refractivity contribution is 0.590. The molecule has 168 valence electrons. The Hall–Kier alpha value is -3.54. The maximum absolute atomic E-state index is 13.9. The number of para-hydroxylation sites is 2. The van der Waals surface area contributed by atoms with E-state index in [2.05, 4.69) is 28.8 Å². The van der Waals surface area contributed by atoms with Gasteiger partial charge in [0.2, 0.25) is 0 Å². The highest BCUT2D eigenvalue weighted by molar-refractivity contribution is 7.92. The quantitative estimate of drug-likeness (QED) is 0.277. The number of halogens is 1. The van der Waals surface area contributed by atoms with Gasteiger partial charge in [-0.3, -0.25) is 4.31 Å². The van der Waals surface area contributed by atoms with Crippen LogP contribution in [0.25, 0.3) is 27.8 Å². The van der Waals surface area contributed by atoms with Gasteiger partial charge in [-0.15, -0.1) is 0 Å². The van der Waals surface area contributed by atoms with Crippen molar-refractivity contribution in [3.8, 4) is 16.9 Å². The van der Waals surface area contributed by atoms with Crippen LogP contribution < -0.4 is 4.31 Å². The molecule has 0 amide bonds. The van der Waals surface area contributed by atoms with E-state index in [1.165, 1.54) is 4.31 Å². The van der Waals surface area contributed by atoms with Crippen molar-refractivity contribution in [2.24, 2.45) is 0 Å². The summed E-state index contributed by atoms with van der Waals surface area (Å²) in [5, 5.41) is 1.53. The van der Waals surface area contributed by atoms with Gasteiger partial charge in [0.1, 0.15) is 0 Å². The summed E-state index contributed by atoms with van der Waals surface area (Å²) >= 11 is 6.39. The average molecular weight is 485 g/mol. The monoisotopic (exact) mass is 484 g/mol. The van der Waals surface area contributed by atoms with Gasteiger partial charge in [0.15, 0.2) is 0 Å². The van der Waals surface area contributed by atoms with Crippen LogP contribution >= 0.6 is 11.6 Å². The molecule has 0 fully saturated rings. The molecule has 2 heterocycles. The Morgan fingerprint density at radius 1 is 0.824 bits per heavy atom. The molecule has 0 unspecified atom stereocenters. The van der Waals surface area contributed by atoms with Crippen molar-refractivity contribution in [3.63, 3.8) is 0 Å². The van der Waals surface area contributed by atoms with Crippen LogP contribution in [0.2, 0.25) is 5.02 Å². The van der Waals surface area contributed by atoms with E-state index in [1.807, 2.05) is 61.5 Å². The van der Waals surface area contributed by atoms with E-state index in [0.717, 1.165) is 39.0 Å². The van der Waals surface area contributed by atoms with Gasteiger partial charge in [0.25, 0.3) is 10.0 Å². The van der Waals surface area contributed by atoms with Crippen molar-refractivity contribution in [1.29, 1.82) is 0 Å². The molecule has 0 saturated heterocycles. The molecule has 1 aromatic heterocycles. The summed E-state index contributed by atoms with van der Waals surface area (Å²) in [6, 6.07) is 30.8. The zero-order chi connectivity index (χ0) is 23.4. The smallest absolute Gasteiger partial charge is 0.264 e. The third-order valence-electron chi connectivity index (χ3n) is 6.39. The summed E-state index contributed by atoms with van der Waals surface area (Å²) in [6.07, 6.45) is 0. The van der Waals surface area contributed by atoms with E-state index in [4.69, 9.17) is 11.6 Å². The minimum absolute atomic E-state index is 0.221. The summed E-state index contributed by atoms with van der Waals surface area (Å²) < 4.78 is 31.4. The third kappa shape index (κ3) is 3.16. The van der Waals surface area contributed by atoms with Gasteiger partial charge < -0.3 is 4.57 Å². The van der Waals surface area contributed by atoms with Crippen molar-refractivity contribution < 1.29 is 8.42 Å². The first-order chi connectivity index (χ1) is 16.4. The molecule has 5 aromatic rings. The Bertz CT molecular complexity index is 1660. The first-order valence-electron chi connectivity index (χ1n) is 11.0. The maximum atomic E-state index is 13.9. The van der Waals surface area contributed by atoms with Crippen LogP contribution in [0.3, 0.4) is 0 Å². The highest BCUT2D eigenvalue weighted by atomic mass is 35.5. The molecule has 6 heteroatoms. The zero-order valence-corrected chi connectivity index (χ0v) is 20.0. The van der Waals surface area contributed by atoms with Crippen LogP contribution in [0.4, 0.5) is 5.69 Å². The second-order valence-electron chi connectivity index (χ2n) is 8.50. The molecule has 4 nitrogen and oxygen atoms in total. The van der Waals surface area contributed by atoms with Crippen LogP contribution in [0.1, 0.15) is 11.1 Å². The molecule has 0 bridgehead atoms. The highest BCUT2D eigenvalue weighted by Crippen LogP contribution is 2.47. The average Bonchev–Trinajstić information content (AvgIpc) is 3.18. The fourth-order valence-corrected chi connectivity index (χ4v) is 6.40. The first-order valence-corrected chi connectivity index (χ1v) is 12.8. The Morgan fingerprint density at radius 2 is 1.53 bits per heavy atom. The molecular formula is C28H21ClN2O2S. The summed E-state index contributed by atoms with van der Waals surface area (Å²) in [7, 11) is -3.81. The fraction of sp³-hybridized carbons (Fsp3) is 0.0714. The van der Waals surface area contributed by atoms with Gasteiger partial charge in [-0.2, -0.15) is 0 Å². The molecule has 0 saturated carbocycles. The molecular weight excluding hydrogens is 464 g/mol. The van der Waals surface area contributed by atoms with E-state index < -0.39 is 10.0 Å². The number of benzene rings is 4. The number of hydrogen-bond donors (Lipinski definition) is 0. The van der Waals surface area contributed by atoms with E-state index >= 15 is 0 Å². The first kappa shape index (κ1) is 21.0. The highest BCUT2D eigenvalue weighted by Gasteiger charge is 2.35. The van der Waals surface area contributed by atoms with Gasteiger partial charge in [-0.05, 0) is 55.5 Å².